The second-order valence-electron chi connectivity index (χ2n) is 2.98. The number of pyridine rings is 1. The standard InChI is InChI=1S/C11H9ClN2O/c12-8-5-9(7-14-6-8)15-11-4-2-1-3-10(11)13/h1-7H,13H2. The average molecular weight is 221 g/mol. The van der Waals surface area contributed by atoms with Crippen molar-refractivity contribution in [1.29, 1.82) is 0 Å². The maximum Gasteiger partial charge on any atom is 0.150 e. The molecule has 0 aliphatic heterocycles. The summed E-state index contributed by atoms with van der Waals surface area (Å²) in [4.78, 5) is 3.91. The van der Waals surface area contributed by atoms with E-state index in [0.717, 1.165) is 0 Å². The lowest BCUT2D eigenvalue weighted by Gasteiger charge is -2.07. The van der Waals surface area contributed by atoms with Crippen molar-refractivity contribution in [1.82, 2.24) is 4.98 Å². The Balaban J connectivity index is 2.26. The number of hydrogen-bond acceptors (Lipinski definition) is 3. The van der Waals surface area contributed by atoms with Gasteiger partial charge in [0.05, 0.1) is 16.9 Å². The fourth-order valence-corrected chi connectivity index (χ4v) is 1.31. The molecule has 2 aromatic rings. The van der Waals surface area contributed by atoms with Gasteiger partial charge in [-0.15, -0.1) is 0 Å². The minimum absolute atomic E-state index is 0.530. The molecule has 2 rings (SSSR count). The van der Waals surface area contributed by atoms with E-state index < -0.39 is 0 Å². The molecule has 0 amide bonds. The van der Waals surface area contributed by atoms with Crippen molar-refractivity contribution >= 4 is 17.3 Å². The molecule has 1 aromatic carbocycles. The van der Waals surface area contributed by atoms with Crippen molar-refractivity contribution in [2.45, 2.75) is 0 Å². The van der Waals surface area contributed by atoms with E-state index in [4.69, 9.17) is 22.1 Å². The lowest BCUT2D eigenvalue weighted by atomic mass is 10.3. The number of ether oxygens (including phenoxy) is 1. The predicted octanol–water partition coefficient (Wildman–Crippen LogP) is 3.11. The molecule has 15 heavy (non-hydrogen) atoms. The predicted molar refractivity (Wildman–Crippen MR) is 60.2 cm³/mol. The number of halogens is 1. The number of aromatic nitrogens is 1. The smallest absolute Gasteiger partial charge is 0.150 e. The SMILES string of the molecule is Nc1ccccc1Oc1cncc(Cl)c1. The number of benzene rings is 1. The van der Waals surface area contributed by atoms with Crippen LogP contribution in [0.5, 0.6) is 11.5 Å². The van der Waals surface area contributed by atoms with Gasteiger partial charge in [0, 0.05) is 12.3 Å². The van der Waals surface area contributed by atoms with Gasteiger partial charge in [0.1, 0.15) is 11.5 Å². The topological polar surface area (TPSA) is 48.1 Å². The van der Waals surface area contributed by atoms with E-state index in [0.29, 0.717) is 22.2 Å². The first-order valence-electron chi connectivity index (χ1n) is 4.38. The number of nitrogens with zero attached hydrogens (tertiary/aromatic N) is 1. The van der Waals surface area contributed by atoms with Crippen LogP contribution in [0.4, 0.5) is 5.69 Å². The molecule has 0 unspecified atom stereocenters. The molecule has 0 aliphatic rings. The van der Waals surface area contributed by atoms with Gasteiger partial charge >= 0.3 is 0 Å². The number of nitrogens with two attached hydrogens (primary N) is 1. The molecule has 0 atom stereocenters. The molecule has 4 heteroatoms. The molecule has 0 fully saturated rings. The summed E-state index contributed by atoms with van der Waals surface area (Å²) >= 11 is 5.78. The van der Waals surface area contributed by atoms with E-state index in [1.165, 1.54) is 0 Å². The zero-order chi connectivity index (χ0) is 10.7. The van der Waals surface area contributed by atoms with Crippen LogP contribution in [0.25, 0.3) is 0 Å². The van der Waals surface area contributed by atoms with Crippen LogP contribution in [0, 0.1) is 0 Å². The highest BCUT2D eigenvalue weighted by Gasteiger charge is 2.01. The van der Waals surface area contributed by atoms with Crippen LogP contribution in [-0.2, 0) is 0 Å². The summed E-state index contributed by atoms with van der Waals surface area (Å²) in [5.41, 5.74) is 6.31. The lowest BCUT2D eigenvalue weighted by molar-refractivity contribution is 0.482. The number of hydrogen-bond donors (Lipinski definition) is 1. The van der Waals surface area contributed by atoms with E-state index in [1.807, 2.05) is 12.1 Å². The van der Waals surface area contributed by atoms with Gasteiger partial charge in [-0.1, -0.05) is 23.7 Å². The van der Waals surface area contributed by atoms with Gasteiger partial charge in [0.25, 0.3) is 0 Å². The molecular weight excluding hydrogens is 212 g/mol. The van der Waals surface area contributed by atoms with Gasteiger partial charge in [0.2, 0.25) is 0 Å². The van der Waals surface area contributed by atoms with E-state index in [-0.39, 0.29) is 0 Å². The Bertz CT molecular complexity index is 474. The van der Waals surface area contributed by atoms with Crippen molar-refractivity contribution in [3.8, 4) is 11.5 Å². The molecule has 76 valence electrons. The number of anilines is 1. The third-order valence-electron chi connectivity index (χ3n) is 1.83. The first-order chi connectivity index (χ1) is 7.25. The van der Waals surface area contributed by atoms with Crippen LogP contribution >= 0.6 is 11.6 Å². The van der Waals surface area contributed by atoms with Crippen LogP contribution < -0.4 is 10.5 Å². The van der Waals surface area contributed by atoms with Gasteiger partial charge in [0.15, 0.2) is 0 Å². The molecule has 1 aromatic heterocycles. The van der Waals surface area contributed by atoms with Gasteiger partial charge in [-0.05, 0) is 12.1 Å². The molecule has 3 nitrogen and oxygen atoms in total. The van der Waals surface area contributed by atoms with Crippen molar-refractivity contribution < 1.29 is 4.74 Å². The first kappa shape index (κ1) is 9.80. The minimum Gasteiger partial charge on any atom is -0.454 e. The molecular formula is C11H9ClN2O. The number of nitrogen functional groups attached to an aromatic ring is 1. The summed E-state index contributed by atoms with van der Waals surface area (Å²) in [6.45, 7) is 0. The third kappa shape index (κ3) is 2.39. The summed E-state index contributed by atoms with van der Waals surface area (Å²) in [5, 5.41) is 0.530. The Kier molecular flexibility index (Phi) is 2.74. The van der Waals surface area contributed by atoms with Gasteiger partial charge in [-0.2, -0.15) is 0 Å². The number of para-hydroxylation sites is 2. The van der Waals surface area contributed by atoms with E-state index in [9.17, 15) is 0 Å². The lowest BCUT2D eigenvalue weighted by Crippen LogP contribution is -1.91. The Morgan fingerprint density at radius 1 is 1.20 bits per heavy atom. The van der Waals surface area contributed by atoms with Gasteiger partial charge in [-0.3, -0.25) is 4.98 Å². The van der Waals surface area contributed by atoms with Gasteiger partial charge < -0.3 is 10.5 Å². The second-order valence-corrected chi connectivity index (χ2v) is 3.42. The quantitative estimate of drug-likeness (QED) is 0.792. The van der Waals surface area contributed by atoms with Crippen molar-refractivity contribution in [3.63, 3.8) is 0 Å². The molecule has 0 saturated carbocycles. The third-order valence-corrected chi connectivity index (χ3v) is 2.03. The van der Waals surface area contributed by atoms with Crippen LogP contribution in [0.1, 0.15) is 0 Å². The Morgan fingerprint density at radius 2 is 2.00 bits per heavy atom. The Hall–Kier alpha value is -1.74. The van der Waals surface area contributed by atoms with Gasteiger partial charge in [-0.25, -0.2) is 0 Å². The fraction of sp³-hybridized carbons (Fsp3) is 0. The monoisotopic (exact) mass is 220 g/mol. The van der Waals surface area contributed by atoms with E-state index in [1.54, 1.807) is 30.6 Å². The van der Waals surface area contributed by atoms with Crippen molar-refractivity contribution in [2.75, 3.05) is 5.73 Å². The molecule has 1 heterocycles. The van der Waals surface area contributed by atoms with Crippen molar-refractivity contribution in [3.05, 3.63) is 47.7 Å². The molecule has 0 aliphatic carbocycles. The summed E-state index contributed by atoms with van der Waals surface area (Å²) < 4.78 is 5.52. The highest BCUT2D eigenvalue weighted by molar-refractivity contribution is 6.30. The molecule has 0 bridgehead atoms. The van der Waals surface area contributed by atoms with Crippen molar-refractivity contribution in [2.24, 2.45) is 0 Å². The van der Waals surface area contributed by atoms with Crippen LogP contribution in [0.2, 0.25) is 5.02 Å². The highest BCUT2D eigenvalue weighted by atomic mass is 35.5. The molecule has 0 radical (unpaired) electrons. The summed E-state index contributed by atoms with van der Waals surface area (Å²) in [5.74, 6) is 1.17. The number of rotatable bonds is 2. The fourth-order valence-electron chi connectivity index (χ4n) is 1.15. The highest BCUT2D eigenvalue weighted by Crippen LogP contribution is 2.27. The maximum absolute atomic E-state index is 5.78. The summed E-state index contributed by atoms with van der Waals surface area (Å²) in [6.07, 6.45) is 3.13. The second kappa shape index (κ2) is 4.19. The Labute approximate surface area is 92.5 Å². The summed E-state index contributed by atoms with van der Waals surface area (Å²) in [7, 11) is 0. The zero-order valence-electron chi connectivity index (χ0n) is 7.85. The van der Waals surface area contributed by atoms with Crippen LogP contribution in [0.15, 0.2) is 42.7 Å². The Morgan fingerprint density at radius 3 is 2.73 bits per heavy atom. The molecule has 0 saturated heterocycles. The van der Waals surface area contributed by atoms with E-state index >= 15 is 0 Å². The average Bonchev–Trinajstić information content (AvgIpc) is 2.22. The largest absolute Gasteiger partial charge is 0.454 e. The first-order valence-corrected chi connectivity index (χ1v) is 4.76. The zero-order valence-corrected chi connectivity index (χ0v) is 8.61. The maximum atomic E-state index is 5.78. The van der Waals surface area contributed by atoms with Crippen LogP contribution in [-0.4, -0.2) is 4.98 Å². The normalized spacial score (nSPS) is 9.93. The minimum atomic E-state index is 0.530. The van der Waals surface area contributed by atoms with Crippen LogP contribution in [0.3, 0.4) is 0 Å². The summed E-state index contributed by atoms with van der Waals surface area (Å²) in [6, 6.07) is 8.94. The molecule has 0 spiro atoms. The molecule has 2 N–H and O–H groups in total. The van der Waals surface area contributed by atoms with E-state index in [2.05, 4.69) is 4.98 Å².